The second-order valence-corrected chi connectivity index (χ2v) is 6.31. The lowest BCUT2D eigenvalue weighted by molar-refractivity contribution is 0.0941. The first-order chi connectivity index (χ1) is 10.2. The van der Waals surface area contributed by atoms with Crippen LogP contribution in [0.3, 0.4) is 0 Å². The number of hydrogen-bond donors (Lipinski definition) is 2. The predicted molar refractivity (Wildman–Crippen MR) is 85.5 cm³/mol. The van der Waals surface area contributed by atoms with Crippen LogP contribution in [0.5, 0.6) is 0 Å². The van der Waals surface area contributed by atoms with Crippen LogP contribution in [-0.4, -0.2) is 32.2 Å². The van der Waals surface area contributed by atoms with Gasteiger partial charge >= 0.3 is 0 Å². The number of thiophene rings is 1. The Bertz CT molecular complexity index is 538. The quantitative estimate of drug-likeness (QED) is 0.597. The van der Waals surface area contributed by atoms with E-state index in [4.69, 9.17) is 10.5 Å². The molecule has 0 aromatic carbocycles. The van der Waals surface area contributed by atoms with Gasteiger partial charge in [0.25, 0.3) is 5.91 Å². The summed E-state index contributed by atoms with van der Waals surface area (Å²) in [5.74, 6) is 6.57. The minimum Gasteiger partial charge on any atom is -0.381 e. The molecule has 1 aromatic heterocycles. The SMILES string of the molecule is Cc1cc(C(=O)NCCCOCC2CC2)sc1C#CCN. The van der Waals surface area contributed by atoms with Crippen LogP contribution in [0.1, 0.15) is 39.4 Å². The lowest BCUT2D eigenvalue weighted by Crippen LogP contribution is -2.24. The fraction of sp³-hybridized carbons (Fsp3) is 0.562. The van der Waals surface area contributed by atoms with Gasteiger partial charge in [-0.05, 0) is 43.7 Å². The molecule has 0 atom stereocenters. The van der Waals surface area contributed by atoms with Gasteiger partial charge in [-0.3, -0.25) is 4.79 Å². The van der Waals surface area contributed by atoms with E-state index in [2.05, 4.69) is 17.2 Å². The van der Waals surface area contributed by atoms with Crippen molar-refractivity contribution >= 4 is 17.2 Å². The largest absolute Gasteiger partial charge is 0.381 e. The summed E-state index contributed by atoms with van der Waals surface area (Å²) in [6.07, 6.45) is 3.47. The summed E-state index contributed by atoms with van der Waals surface area (Å²) >= 11 is 1.42. The first kappa shape index (κ1) is 16.0. The van der Waals surface area contributed by atoms with E-state index in [0.29, 0.717) is 24.6 Å². The van der Waals surface area contributed by atoms with E-state index in [9.17, 15) is 4.79 Å². The van der Waals surface area contributed by atoms with Crippen molar-refractivity contribution in [1.29, 1.82) is 0 Å². The van der Waals surface area contributed by atoms with Crippen LogP contribution < -0.4 is 11.1 Å². The molecule has 2 rings (SSSR count). The molecule has 1 aliphatic rings. The summed E-state index contributed by atoms with van der Waals surface area (Å²) in [6, 6.07) is 1.88. The van der Waals surface area contributed by atoms with E-state index in [1.54, 1.807) is 0 Å². The van der Waals surface area contributed by atoms with Gasteiger partial charge in [0, 0.05) is 19.8 Å². The zero-order chi connectivity index (χ0) is 15.1. The Morgan fingerprint density at radius 2 is 2.38 bits per heavy atom. The van der Waals surface area contributed by atoms with Crippen molar-refractivity contribution in [2.24, 2.45) is 11.7 Å². The number of nitrogens with one attached hydrogen (secondary N) is 1. The minimum absolute atomic E-state index is 0.0360. The van der Waals surface area contributed by atoms with E-state index in [0.717, 1.165) is 29.4 Å². The zero-order valence-electron chi connectivity index (χ0n) is 12.4. The summed E-state index contributed by atoms with van der Waals surface area (Å²) in [5.41, 5.74) is 6.39. The maximum atomic E-state index is 12.0. The monoisotopic (exact) mass is 306 g/mol. The topological polar surface area (TPSA) is 64.3 Å². The Hall–Kier alpha value is -1.35. The Labute approximate surface area is 130 Å². The van der Waals surface area contributed by atoms with Crippen molar-refractivity contribution in [1.82, 2.24) is 5.32 Å². The van der Waals surface area contributed by atoms with Gasteiger partial charge in [0.1, 0.15) is 0 Å². The third kappa shape index (κ3) is 5.50. The van der Waals surface area contributed by atoms with Crippen LogP contribution in [0.25, 0.3) is 0 Å². The first-order valence-corrected chi connectivity index (χ1v) is 8.17. The number of ether oxygens (including phenoxy) is 1. The Morgan fingerprint density at radius 1 is 1.57 bits per heavy atom. The Kier molecular flexibility index (Phi) is 6.24. The number of amides is 1. The molecule has 0 unspecified atom stereocenters. The highest BCUT2D eigenvalue weighted by Crippen LogP contribution is 2.28. The van der Waals surface area contributed by atoms with Crippen LogP contribution in [0.15, 0.2) is 6.07 Å². The first-order valence-electron chi connectivity index (χ1n) is 7.36. The fourth-order valence-electron chi connectivity index (χ4n) is 1.85. The van der Waals surface area contributed by atoms with Crippen LogP contribution in [0.2, 0.25) is 0 Å². The highest BCUT2D eigenvalue weighted by Gasteiger charge is 2.20. The summed E-state index contributed by atoms with van der Waals surface area (Å²) in [4.78, 5) is 13.6. The summed E-state index contributed by atoms with van der Waals surface area (Å²) in [6.45, 7) is 4.53. The van der Waals surface area contributed by atoms with Gasteiger partial charge in [0.2, 0.25) is 0 Å². The summed E-state index contributed by atoms with van der Waals surface area (Å²) in [7, 11) is 0. The van der Waals surface area contributed by atoms with E-state index >= 15 is 0 Å². The molecule has 0 bridgehead atoms. The third-order valence-electron chi connectivity index (χ3n) is 3.25. The van der Waals surface area contributed by atoms with Gasteiger partial charge in [0.05, 0.1) is 16.3 Å². The zero-order valence-corrected chi connectivity index (χ0v) is 13.2. The molecule has 1 aliphatic carbocycles. The molecule has 1 amide bonds. The van der Waals surface area contributed by atoms with Gasteiger partial charge < -0.3 is 15.8 Å². The number of rotatable bonds is 7. The van der Waals surface area contributed by atoms with Crippen LogP contribution in [-0.2, 0) is 4.74 Å². The molecule has 0 saturated heterocycles. The van der Waals surface area contributed by atoms with Gasteiger partial charge in [-0.2, -0.15) is 0 Å². The van der Waals surface area contributed by atoms with E-state index in [1.807, 2.05) is 13.0 Å². The van der Waals surface area contributed by atoms with Crippen molar-refractivity contribution < 1.29 is 9.53 Å². The van der Waals surface area contributed by atoms with Gasteiger partial charge in [-0.15, -0.1) is 11.3 Å². The fourth-order valence-corrected chi connectivity index (χ4v) is 2.81. The molecular weight excluding hydrogens is 284 g/mol. The smallest absolute Gasteiger partial charge is 0.261 e. The average molecular weight is 306 g/mol. The van der Waals surface area contributed by atoms with Crippen molar-refractivity contribution in [3.05, 3.63) is 21.4 Å². The molecule has 0 radical (unpaired) electrons. The van der Waals surface area contributed by atoms with Gasteiger partial charge in [0.15, 0.2) is 0 Å². The molecule has 3 N–H and O–H groups in total. The molecule has 0 spiro atoms. The molecule has 1 saturated carbocycles. The number of carbonyl (C=O) groups is 1. The standard InChI is InChI=1S/C16H22N2O2S/c1-12-10-15(21-14(12)4-2-7-17)16(19)18-8-3-9-20-11-13-5-6-13/h10,13H,3,5-9,11,17H2,1H3,(H,18,19). The second-order valence-electron chi connectivity index (χ2n) is 5.26. The maximum Gasteiger partial charge on any atom is 0.261 e. The van der Waals surface area contributed by atoms with Crippen molar-refractivity contribution in [2.45, 2.75) is 26.2 Å². The minimum atomic E-state index is -0.0360. The number of hydrogen-bond acceptors (Lipinski definition) is 4. The Morgan fingerprint density at radius 3 is 3.10 bits per heavy atom. The molecule has 114 valence electrons. The maximum absolute atomic E-state index is 12.0. The molecule has 21 heavy (non-hydrogen) atoms. The van der Waals surface area contributed by atoms with E-state index in [1.165, 1.54) is 24.2 Å². The summed E-state index contributed by atoms with van der Waals surface area (Å²) < 4.78 is 5.53. The van der Waals surface area contributed by atoms with Crippen LogP contribution in [0.4, 0.5) is 0 Å². The molecule has 0 aliphatic heterocycles. The molecule has 4 nitrogen and oxygen atoms in total. The average Bonchev–Trinajstić information content (AvgIpc) is 3.22. The second kappa shape index (κ2) is 8.18. The number of aryl methyl sites for hydroxylation is 1. The van der Waals surface area contributed by atoms with Gasteiger partial charge in [-0.1, -0.05) is 11.8 Å². The van der Waals surface area contributed by atoms with Crippen LogP contribution in [0, 0.1) is 24.7 Å². The van der Waals surface area contributed by atoms with Crippen molar-refractivity contribution in [3.8, 4) is 11.8 Å². The molecule has 1 heterocycles. The van der Waals surface area contributed by atoms with Crippen molar-refractivity contribution in [3.63, 3.8) is 0 Å². The lowest BCUT2D eigenvalue weighted by Gasteiger charge is -2.04. The summed E-state index contributed by atoms with van der Waals surface area (Å²) in [5, 5.41) is 2.92. The molecular formula is C16H22N2O2S. The number of carbonyl (C=O) groups excluding carboxylic acids is 1. The highest BCUT2D eigenvalue weighted by molar-refractivity contribution is 7.14. The Balaban J connectivity index is 1.69. The normalized spacial score (nSPS) is 13.6. The van der Waals surface area contributed by atoms with Crippen molar-refractivity contribution in [2.75, 3.05) is 26.3 Å². The number of nitrogens with two attached hydrogens (primary N) is 1. The predicted octanol–water partition coefficient (Wildman–Crippen LogP) is 1.91. The molecule has 1 aromatic rings. The van der Waals surface area contributed by atoms with E-state index < -0.39 is 0 Å². The van der Waals surface area contributed by atoms with Crippen LogP contribution >= 0.6 is 11.3 Å². The highest BCUT2D eigenvalue weighted by atomic mass is 32.1. The molecule has 5 heteroatoms. The van der Waals surface area contributed by atoms with E-state index in [-0.39, 0.29) is 5.91 Å². The van der Waals surface area contributed by atoms with Gasteiger partial charge in [-0.25, -0.2) is 0 Å². The third-order valence-corrected chi connectivity index (χ3v) is 4.40. The lowest BCUT2D eigenvalue weighted by atomic mass is 10.2. The molecule has 1 fully saturated rings.